The van der Waals surface area contributed by atoms with Gasteiger partial charge >= 0.3 is 0 Å². The van der Waals surface area contributed by atoms with Gasteiger partial charge in [0.2, 0.25) is 0 Å². The smallest absolute Gasteiger partial charge is 0.123 e. The Labute approximate surface area is 122 Å². The zero-order valence-electron chi connectivity index (χ0n) is 13.0. The van der Waals surface area contributed by atoms with Gasteiger partial charge in [-0.15, -0.1) is 0 Å². The van der Waals surface area contributed by atoms with Gasteiger partial charge in [-0.1, -0.05) is 13.8 Å². The molecule has 0 bridgehead atoms. The summed E-state index contributed by atoms with van der Waals surface area (Å²) >= 11 is 0. The van der Waals surface area contributed by atoms with E-state index in [-0.39, 0.29) is 11.9 Å². The molecule has 112 valence electrons. The molecule has 0 saturated carbocycles. The highest BCUT2D eigenvalue weighted by atomic mass is 19.1. The highest BCUT2D eigenvalue weighted by Crippen LogP contribution is 2.30. The molecule has 2 unspecified atom stereocenters. The van der Waals surface area contributed by atoms with Gasteiger partial charge in [0.25, 0.3) is 0 Å². The summed E-state index contributed by atoms with van der Waals surface area (Å²) in [5, 5.41) is 3.40. The first-order valence-corrected chi connectivity index (χ1v) is 7.89. The first-order chi connectivity index (χ1) is 9.61. The SMILES string of the molecule is CCNC(C)c1cc(F)ccc1N1CCCC(C)CC1. The minimum Gasteiger partial charge on any atom is -0.371 e. The van der Waals surface area contributed by atoms with Crippen molar-refractivity contribution in [2.75, 3.05) is 24.5 Å². The quantitative estimate of drug-likeness (QED) is 0.891. The molecule has 1 heterocycles. The number of anilines is 1. The lowest BCUT2D eigenvalue weighted by Crippen LogP contribution is -2.28. The number of nitrogens with zero attached hydrogens (tertiary/aromatic N) is 1. The molecule has 0 spiro atoms. The van der Waals surface area contributed by atoms with Crippen molar-refractivity contribution >= 4 is 5.69 Å². The van der Waals surface area contributed by atoms with E-state index in [9.17, 15) is 4.39 Å². The number of hydrogen-bond donors (Lipinski definition) is 1. The van der Waals surface area contributed by atoms with Crippen molar-refractivity contribution in [3.05, 3.63) is 29.6 Å². The molecule has 1 aromatic rings. The van der Waals surface area contributed by atoms with E-state index < -0.39 is 0 Å². The number of hydrogen-bond acceptors (Lipinski definition) is 2. The van der Waals surface area contributed by atoms with Crippen LogP contribution < -0.4 is 10.2 Å². The van der Waals surface area contributed by atoms with Crippen LogP contribution in [0.5, 0.6) is 0 Å². The molecule has 20 heavy (non-hydrogen) atoms. The average molecular weight is 278 g/mol. The molecule has 1 fully saturated rings. The van der Waals surface area contributed by atoms with Crippen molar-refractivity contribution in [3.63, 3.8) is 0 Å². The summed E-state index contributed by atoms with van der Waals surface area (Å²) in [6.07, 6.45) is 3.76. The third-order valence-electron chi connectivity index (χ3n) is 4.32. The Morgan fingerprint density at radius 1 is 1.35 bits per heavy atom. The van der Waals surface area contributed by atoms with Crippen molar-refractivity contribution < 1.29 is 4.39 Å². The van der Waals surface area contributed by atoms with Crippen LogP contribution in [0.1, 0.15) is 51.6 Å². The first kappa shape index (κ1) is 15.3. The molecular formula is C17H27FN2. The minimum absolute atomic E-state index is 0.142. The van der Waals surface area contributed by atoms with Gasteiger partial charge in [-0.3, -0.25) is 0 Å². The van der Waals surface area contributed by atoms with Crippen molar-refractivity contribution in [2.24, 2.45) is 5.92 Å². The van der Waals surface area contributed by atoms with E-state index in [0.29, 0.717) is 0 Å². The molecule has 1 saturated heterocycles. The second-order valence-corrected chi connectivity index (χ2v) is 6.01. The zero-order chi connectivity index (χ0) is 14.5. The Kier molecular flexibility index (Phi) is 5.41. The summed E-state index contributed by atoms with van der Waals surface area (Å²) in [4.78, 5) is 2.44. The molecule has 0 amide bonds. The van der Waals surface area contributed by atoms with Gasteiger partial charge in [-0.05, 0) is 62.4 Å². The molecule has 1 aromatic carbocycles. The Morgan fingerprint density at radius 2 is 2.15 bits per heavy atom. The highest BCUT2D eigenvalue weighted by Gasteiger charge is 2.19. The number of halogens is 1. The molecule has 2 atom stereocenters. The first-order valence-electron chi connectivity index (χ1n) is 7.89. The highest BCUT2D eigenvalue weighted by molar-refractivity contribution is 5.55. The van der Waals surface area contributed by atoms with Gasteiger partial charge in [0.15, 0.2) is 0 Å². The molecule has 0 aromatic heterocycles. The summed E-state index contributed by atoms with van der Waals surface area (Å²) in [6.45, 7) is 9.59. The molecule has 1 aliphatic heterocycles. The summed E-state index contributed by atoms with van der Waals surface area (Å²) in [5.74, 6) is 0.659. The van der Waals surface area contributed by atoms with E-state index in [0.717, 1.165) is 31.1 Å². The predicted molar refractivity (Wildman–Crippen MR) is 83.7 cm³/mol. The minimum atomic E-state index is -0.142. The molecular weight excluding hydrogens is 251 g/mol. The molecule has 3 heteroatoms. The van der Waals surface area contributed by atoms with Crippen LogP contribution in [0.2, 0.25) is 0 Å². The Hall–Kier alpha value is -1.09. The van der Waals surface area contributed by atoms with Crippen LogP contribution in [0.4, 0.5) is 10.1 Å². The van der Waals surface area contributed by atoms with Gasteiger partial charge in [-0.2, -0.15) is 0 Å². The van der Waals surface area contributed by atoms with Crippen LogP contribution in [-0.2, 0) is 0 Å². The second kappa shape index (κ2) is 7.07. The predicted octanol–water partition coefficient (Wildman–Crippen LogP) is 4.12. The van der Waals surface area contributed by atoms with Crippen LogP contribution in [0.3, 0.4) is 0 Å². The summed E-state index contributed by atoms with van der Waals surface area (Å²) in [5.41, 5.74) is 2.29. The van der Waals surface area contributed by atoms with Crippen molar-refractivity contribution in [2.45, 2.75) is 46.1 Å². The molecule has 2 nitrogen and oxygen atoms in total. The fourth-order valence-electron chi connectivity index (χ4n) is 3.08. The van der Waals surface area contributed by atoms with E-state index in [4.69, 9.17) is 0 Å². The third kappa shape index (κ3) is 3.72. The van der Waals surface area contributed by atoms with E-state index >= 15 is 0 Å². The molecule has 0 aliphatic carbocycles. The van der Waals surface area contributed by atoms with Crippen LogP contribution in [-0.4, -0.2) is 19.6 Å². The van der Waals surface area contributed by atoms with Gasteiger partial charge in [-0.25, -0.2) is 4.39 Å². The topological polar surface area (TPSA) is 15.3 Å². The summed E-state index contributed by atoms with van der Waals surface area (Å²) in [7, 11) is 0. The van der Waals surface area contributed by atoms with Crippen LogP contribution >= 0.6 is 0 Å². The number of benzene rings is 1. The maximum atomic E-state index is 13.6. The maximum Gasteiger partial charge on any atom is 0.123 e. The fourth-order valence-corrected chi connectivity index (χ4v) is 3.08. The lowest BCUT2D eigenvalue weighted by molar-refractivity contribution is 0.521. The number of rotatable bonds is 4. The van der Waals surface area contributed by atoms with Crippen molar-refractivity contribution in [3.8, 4) is 0 Å². The molecule has 1 aliphatic rings. The van der Waals surface area contributed by atoms with Crippen LogP contribution in [0.25, 0.3) is 0 Å². The summed E-state index contributed by atoms with van der Waals surface area (Å²) in [6, 6.07) is 5.42. The zero-order valence-corrected chi connectivity index (χ0v) is 13.0. The van der Waals surface area contributed by atoms with Crippen molar-refractivity contribution in [1.82, 2.24) is 5.32 Å². The Bertz CT molecular complexity index is 433. The van der Waals surface area contributed by atoms with E-state index in [1.165, 1.54) is 24.9 Å². The molecule has 1 N–H and O–H groups in total. The molecule has 2 rings (SSSR count). The van der Waals surface area contributed by atoms with Crippen molar-refractivity contribution in [1.29, 1.82) is 0 Å². The van der Waals surface area contributed by atoms with Gasteiger partial charge in [0.1, 0.15) is 5.82 Å². The lowest BCUT2D eigenvalue weighted by Gasteiger charge is -2.28. The standard InChI is InChI=1S/C17H27FN2/c1-4-19-14(3)16-12-15(18)7-8-17(16)20-10-5-6-13(2)9-11-20/h7-8,12-14,19H,4-6,9-11H2,1-3H3. The second-order valence-electron chi connectivity index (χ2n) is 6.01. The van der Waals surface area contributed by atoms with Gasteiger partial charge < -0.3 is 10.2 Å². The maximum absolute atomic E-state index is 13.6. The van der Waals surface area contributed by atoms with Gasteiger partial charge in [0.05, 0.1) is 0 Å². The Morgan fingerprint density at radius 3 is 2.90 bits per heavy atom. The number of nitrogens with one attached hydrogen (secondary N) is 1. The van der Waals surface area contributed by atoms with E-state index in [1.54, 1.807) is 12.1 Å². The van der Waals surface area contributed by atoms with E-state index in [1.807, 2.05) is 6.07 Å². The average Bonchev–Trinajstić information content (AvgIpc) is 2.64. The lowest BCUT2D eigenvalue weighted by atomic mass is 10.0. The van der Waals surface area contributed by atoms with E-state index in [2.05, 4.69) is 31.0 Å². The monoisotopic (exact) mass is 278 g/mol. The van der Waals surface area contributed by atoms with Crippen LogP contribution in [0, 0.1) is 11.7 Å². The molecule has 0 radical (unpaired) electrons. The third-order valence-corrected chi connectivity index (χ3v) is 4.32. The van der Waals surface area contributed by atoms with Crippen LogP contribution in [0.15, 0.2) is 18.2 Å². The summed E-state index contributed by atoms with van der Waals surface area (Å²) < 4.78 is 13.6. The largest absolute Gasteiger partial charge is 0.371 e. The fraction of sp³-hybridized carbons (Fsp3) is 0.647. The normalized spacial score (nSPS) is 21.6. The van der Waals surface area contributed by atoms with Gasteiger partial charge in [0, 0.05) is 24.8 Å². The Balaban J connectivity index is 2.25.